The Morgan fingerprint density at radius 3 is 2.79 bits per heavy atom. The standard InChI is InChI=1S/C15H16N6OS2/c1-3-21-12(11-4-6-16-7-5-11)19-20-15(21)24-10(2)13(22)18-14-17-8-9-23-14/h4-10H,3H2,1-2H3,(H,17,18,22)/t10-/m0/s1. The molecule has 1 amide bonds. The van der Waals surface area contributed by atoms with Gasteiger partial charge in [-0.15, -0.1) is 21.5 Å². The molecule has 0 aliphatic carbocycles. The van der Waals surface area contributed by atoms with Gasteiger partial charge in [-0.1, -0.05) is 11.8 Å². The maximum absolute atomic E-state index is 12.3. The topological polar surface area (TPSA) is 85.6 Å². The highest BCUT2D eigenvalue weighted by Gasteiger charge is 2.20. The average Bonchev–Trinajstić information content (AvgIpc) is 3.25. The molecule has 0 aliphatic rings. The number of carbonyl (C=O) groups excluding carboxylic acids is 1. The van der Waals surface area contributed by atoms with Crippen LogP contribution in [0.5, 0.6) is 0 Å². The molecule has 0 saturated heterocycles. The minimum Gasteiger partial charge on any atom is -0.302 e. The van der Waals surface area contributed by atoms with Crippen LogP contribution in [-0.2, 0) is 11.3 Å². The van der Waals surface area contributed by atoms with Crippen molar-refractivity contribution in [1.29, 1.82) is 0 Å². The van der Waals surface area contributed by atoms with Crippen molar-refractivity contribution >= 4 is 34.1 Å². The van der Waals surface area contributed by atoms with Crippen LogP contribution in [0.4, 0.5) is 5.13 Å². The average molecular weight is 360 g/mol. The molecule has 24 heavy (non-hydrogen) atoms. The third kappa shape index (κ3) is 3.62. The zero-order chi connectivity index (χ0) is 16.9. The van der Waals surface area contributed by atoms with E-state index < -0.39 is 0 Å². The minimum absolute atomic E-state index is 0.105. The largest absolute Gasteiger partial charge is 0.302 e. The van der Waals surface area contributed by atoms with E-state index in [9.17, 15) is 4.79 Å². The van der Waals surface area contributed by atoms with Crippen LogP contribution >= 0.6 is 23.1 Å². The number of hydrogen-bond donors (Lipinski definition) is 1. The van der Waals surface area contributed by atoms with Gasteiger partial charge in [0.1, 0.15) is 0 Å². The van der Waals surface area contributed by atoms with E-state index >= 15 is 0 Å². The quantitative estimate of drug-likeness (QED) is 0.680. The molecule has 0 aromatic carbocycles. The zero-order valence-corrected chi connectivity index (χ0v) is 14.8. The number of carbonyl (C=O) groups is 1. The van der Waals surface area contributed by atoms with Gasteiger partial charge in [0.25, 0.3) is 0 Å². The van der Waals surface area contributed by atoms with Crippen LogP contribution in [0.1, 0.15) is 13.8 Å². The molecule has 0 saturated carbocycles. The number of amides is 1. The van der Waals surface area contributed by atoms with E-state index in [0.29, 0.717) is 16.8 Å². The summed E-state index contributed by atoms with van der Waals surface area (Å²) in [5, 5.41) is 14.1. The summed E-state index contributed by atoms with van der Waals surface area (Å²) in [7, 11) is 0. The maximum atomic E-state index is 12.3. The van der Waals surface area contributed by atoms with E-state index in [1.54, 1.807) is 18.6 Å². The van der Waals surface area contributed by atoms with Crippen molar-refractivity contribution in [3.8, 4) is 11.4 Å². The lowest BCUT2D eigenvalue weighted by Crippen LogP contribution is -2.22. The number of rotatable bonds is 6. The number of hydrogen-bond acceptors (Lipinski definition) is 7. The molecule has 0 radical (unpaired) electrons. The van der Waals surface area contributed by atoms with Gasteiger partial charge >= 0.3 is 0 Å². The number of pyridine rings is 1. The van der Waals surface area contributed by atoms with E-state index in [0.717, 1.165) is 11.4 Å². The highest BCUT2D eigenvalue weighted by Crippen LogP contribution is 2.27. The van der Waals surface area contributed by atoms with Gasteiger partial charge in [0, 0.05) is 36.1 Å². The number of thioether (sulfide) groups is 1. The van der Waals surface area contributed by atoms with Gasteiger partial charge in [0.15, 0.2) is 16.1 Å². The molecule has 0 spiro atoms. The lowest BCUT2D eigenvalue weighted by molar-refractivity contribution is -0.115. The number of aromatic nitrogens is 5. The Hall–Kier alpha value is -2.26. The monoisotopic (exact) mass is 360 g/mol. The molecule has 3 heterocycles. The zero-order valence-electron chi connectivity index (χ0n) is 13.2. The van der Waals surface area contributed by atoms with Crippen molar-refractivity contribution in [3.05, 3.63) is 36.1 Å². The van der Waals surface area contributed by atoms with Gasteiger partial charge in [-0.3, -0.25) is 9.78 Å². The smallest absolute Gasteiger partial charge is 0.239 e. The van der Waals surface area contributed by atoms with Gasteiger partial charge in [0.05, 0.1) is 5.25 Å². The Morgan fingerprint density at radius 2 is 2.12 bits per heavy atom. The molecular weight excluding hydrogens is 344 g/mol. The lowest BCUT2D eigenvalue weighted by atomic mass is 10.2. The third-order valence-corrected chi connectivity index (χ3v) is 5.05. The summed E-state index contributed by atoms with van der Waals surface area (Å²) in [5.41, 5.74) is 0.950. The van der Waals surface area contributed by atoms with Crippen LogP contribution in [0.15, 0.2) is 41.3 Å². The Balaban J connectivity index is 1.75. The first-order valence-electron chi connectivity index (χ1n) is 7.39. The van der Waals surface area contributed by atoms with Gasteiger partial charge in [-0.2, -0.15) is 0 Å². The van der Waals surface area contributed by atoms with Crippen LogP contribution in [0.3, 0.4) is 0 Å². The molecule has 0 aliphatic heterocycles. The van der Waals surface area contributed by atoms with Crippen molar-refractivity contribution in [2.75, 3.05) is 5.32 Å². The number of anilines is 1. The van der Waals surface area contributed by atoms with Crippen LogP contribution in [0.25, 0.3) is 11.4 Å². The molecule has 7 nitrogen and oxygen atoms in total. The Kier molecular flexibility index (Phi) is 5.21. The molecule has 3 aromatic heterocycles. The second-order valence-corrected chi connectivity index (χ2v) is 7.08. The van der Waals surface area contributed by atoms with Crippen molar-refractivity contribution in [1.82, 2.24) is 24.7 Å². The van der Waals surface area contributed by atoms with Crippen LogP contribution < -0.4 is 5.32 Å². The summed E-state index contributed by atoms with van der Waals surface area (Å²) in [5.74, 6) is 0.668. The molecule has 0 bridgehead atoms. The van der Waals surface area contributed by atoms with Crippen molar-refractivity contribution in [2.45, 2.75) is 30.8 Å². The van der Waals surface area contributed by atoms with E-state index in [1.165, 1.54) is 23.1 Å². The highest BCUT2D eigenvalue weighted by atomic mass is 32.2. The molecule has 3 aromatic rings. The summed E-state index contributed by atoms with van der Waals surface area (Å²) in [4.78, 5) is 20.3. The van der Waals surface area contributed by atoms with Gasteiger partial charge in [-0.05, 0) is 26.0 Å². The predicted molar refractivity (Wildman–Crippen MR) is 95.0 cm³/mol. The first-order chi connectivity index (χ1) is 11.7. The van der Waals surface area contributed by atoms with Crippen LogP contribution in [0.2, 0.25) is 0 Å². The van der Waals surface area contributed by atoms with Crippen LogP contribution in [-0.4, -0.2) is 35.9 Å². The second-order valence-electron chi connectivity index (χ2n) is 4.87. The maximum Gasteiger partial charge on any atom is 0.239 e. The van der Waals surface area contributed by atoms with Crippen molar-refractivity contribution in [2.24, 2.45) is 0 Å². The summed E-state index contributed by atoms with van der Waals surface area (Å²) in [6.45, 7) is 4.58. The van der Waals surface area contributed by atoms with E-state index in [-0.39, 0.29) is 11.2 Å². The first-order valence-corrected chi connectivity index (χ1v) is 9.15. The second kappa shape index (κ2) is 7.54. The number of thiazole rings is 1. The fourth-order valence-electron chi connectivity index (χ4n) is 2.08. The van der Waals surface area contributed by atoms with Gasteiger partial charge in [-0.25, -0.2) is 4.98 Å². The SMILES string of the molecule is CCn1c(S[C@@H](C)C(=O)Nc2nccs2)nnc1-c1ccncc1. The fraction of sp³-hybridized carbons (Fsp3) is 0.267. The van der Waals surface area contributed by atoms with Crippen molar-refractivity contribution in [3.63, 3.8) is 0 Å². The highest BCUT2D eigenvalue weighted by molar-refractivity contribution is 8.00. The fourth-order valence-corrected chi connectivity index (χ4v) is 3.52. The summed E-state index contributed by atoms with van der Waals surface area (Å²) in [6, 6.07) is 3.78. The van der Waals surface area contributed by atoms with E-state index in [1.807, 2.05) is 35.9 Å². The van der Waals surface area contributed by atoms with Gasteiger partial charge in [0.2, 0.25) is 5.91 Å². The summed E-state index contributed by atoms with van der Waals surface area (Å²) < 4.78 is 1.99. The third-order valence-electron chi connectivity index (χ3n) is 3.29. The molecule has 0 unspecified atom stereocenters. The first kappa shape index (κ1) is 16.6. The Labute approximate surface area is 147 Å². The van der Waals surface area contributed by atoms with E-state index in [2.05, 4.69) is 25.5 Å². The predicted octanol–water partition coefficient (Wildman–Crippen LogP) is 2.94. The summed E-state index contributed by atoms with van der Waals surface area (Å²) in [6.07, 6.45) is 5.11. The number of nitrogens with one attached hydrogen (secondary N) is 1. The molecule has 3 rings (SSSR count). The molecule has 1 N–H and O–H groups in total. The van der Waals surface area contributed by atoms with Crippen LogP contribution in [0, 0.1) is 0 Å². The molecule has 124 valence electrons. The van der Waals surface area contributed by atoms with E-state index in [4.69, 9.17) is 0 Å². The Morgan fingerprint density at radius 1 is 1.33 bits per heavy atom. The molecular formula is C15H16N6OS2. The molecule has 0 fully saturated rings. The van der Waals surface area contributed by atoms with Crippen molar-refractivity contribution < 1.29 is 4.79 Å². The molecule has 9 heteroatoms. The Bertz CT molecular complexity index is 803. The lowest BCUT2D eigenvalue weighted by Gasteiger charge is -2.11. The normalized spacial score (nSPS) is 12.1. The molecule has 1 atom stereocenters. The van der Waals surface area contributed by atoms with Gasteiger partial charge < -0.3 is 9.88 Å². The minimum atomic E-state index is -0.311. The summed E-state index contributed by atoms with van der Waals surface area (Å²) >= 11 is 2.77. The number of nitrogens with zero attached hydrogens (tertiary/aromatic N) is 5.